The van der Waals surface area contributed by atoms with Gasteiger partial charge in [0.1, 0.15) is 5.82 Å². The maximum Gasteiger partial charge on any atom is 0.128 e. The molecule has 1 fully saturated rings. The van der Waals surface area contributed by atoms with Crippen LogP contribution in [0.5, 0.6) is 0 Å². The van der Waals surface area contributed by atoms with Crippen LogP contribution in [0.25, 0.3) is 0 Å². The van der Waals surface area contributed by atoms with Gasteiger partial charge in [-0.05, 0) is 45.0 Å². The average Bonchev–Trinajstić information content (AvgIpc) is 2.26. The Hall–Kier alpha value is -1.09. The third-order valence-electron chi connectivity index (χ3n) is 2.97. The summed E-state index contributed by atoms with van der Waals surface area (Å²) in [4.78, 5) is 0. The lowest BCUT2D eigenvalue weighted by molar-refractivity contribution is 0.478. The van der Waals surface area contributed by atoms with Crippen LogP contribution in [0.4, 0.5) is 10.1 Å². The fourth-order valence-corrected chi connectivity index (χ4v) is 1.95. The smallest absolute Gasteiger partial charge is 0.128 e. The highest BCUT2D eigenvalue weighted by atomic mass is 19.1. The van der Waals surface area contributed by atoms with Crippen molar-refractivity contribution in [3.05, 3.63) is 29.6 Å². The Balaban J connectivity index is 2.06. The van der Waals surface area contributed by atoms with Crippen LogP contribution >= 0.6 is 0 Å². The summed E-state index contributed by atoms with van der Waals surface area (Å²) in [5.74, 6) is -0.131. The van der Waals surface area contributed by atoms with Gasteiger partial charge in [-0.1, -0.05) is 6.07 Å². The van der Waals surface area contributed by atoms with Gasteiger partial charge < -0.3 is 10.6 Å². The first-order valence-electron chi connectivity index (χ1n) is 5.50. The van der Waals surface area contributed by atoms with Crippen LogP contribution < -0.4 is 10.6 Å². The molecule has 1 aromatic carbocycles. The Morgan fingerprint density at radius 3 is 2.80 bits per heavy atom. The maximum atomic E-state index is 13.3. The number of benzene rings is 1. The number of rotatable bonds is 2. The zero-order chi connectivity index (χ0) is 10.7. The molecule has 0 unspecified atom stereocenters. The van der Waals surface area contributed by atoms with Crippen LogP contribution in [0.15, 0.2) is 18.2 Å². The predicted molar refractivity (Wildman–Crippen MR) is 60.7 cm³/mol. The second-order valence-corrected chi connectivity index (χ2v) is 4.08. The minimum absolute atomic E-state index is 0.131. The Kier molecular flexibility index (Phi) is 3.21. The van der Waals surface area contributed by atoms with Crippen molar-refractivity contribution in [2.75, 3.05) is 18.4 Å². The highest BCUT2D eigenvalue weighted by Crippen LogP contribution is 2.20. The van der Waals surface area contributed by atoms with Crippen molar-refractivity contribution < 1.29 is 4.39 Å². The molecule has 0 spiro atoms. The molecule has 1 aromatic rings. The Bertz CT molecular complexity index is 332. The summed E-state index contributed by atoms with van der Waals surface area (Å²) >= 11 is 0. The fraction of sp³-hybridized carbons (Fsp3) is 0.500. The third kappa shape index (κ3) is 2.48. The molecule has 3 heteroatoms. The second-order valence-electron chi connectivity index (χ2n) is 4.08. The van der Waals surface area contributed by atoms with Crippen molar-refractivity contribution >= 4 is 5.69 Å². The van der Waals surface area contributed by atoms with E-state index in [4.69, 9.17) is 0 Å². The average molecular weight is 208 g/mol. The van der Waals surface area contributed by atoms with Crippen molar-refractivity contribution in [2.45, 2.75) is 25.8 Å². The first-order chi connectivity index (χ1) is 7.27. The SMILES string of the molecule is Cc1c(F)cccc1NC1CCNCC1. The molecule has 0 bridgehead atoms. The molecule has 1 saturated heterocycles. The first kappa shape index (κ1) is 10.4. The molecule has 0 aliphatic carbocycles. The van der Waals surface area contributed by atoms with Crippen LogP contribution in [-0.4, -0.2) is 19.1 Å². The Morgan fingerprint density at radius 1 is 1.33 bits per heavy atom. The van der Waals surface area contributed by atoms with Crippen molar-refractivity contribution in [1.29, 1.82) is 0 Å². The highest BCUT2D eigenvalue weighted by Gasteiger charge is 2.13. The zero-order valence-corrected chi connectivity index (χ0v) is 9.02. The summed E-state index contributed by atoms with van der Waals surface area (Å²) in [6.07, 6.45) is 2.21. The van der Waals surface area contributed by atoms with Gasteiger partial charge in [0, 0.05) is 17.3 Å². The molecule has 0 radical (unpaired) electrons. The van der Waals surface area contributed by atoms with Gasteiger partial charge in [0.25, 0.3) is 0 Å². The molecular formula is C12H17FN2. The van der Waals surface area contributed by atoms with Gasteiger partial charge in [-0.2, -0.15) is 0 Å². The molecule has 82 valence electrons. The molecule has 0 aromatic heterocycles. The second kappa shape index (κ2) is 4.62. The lowest BCUT2D eigenvalue weighted by Gasteiger charge is -2.25. The first-order valence-corrected chi connectivity index (χ1v) is 5.50. The van der Waals surface area contributed by atoms with E-state index in [9.17, 15) is 4.39 Å². The lowest BCUT2D eigenvalue weighted by Crippen LogP contribution is -2.35. The lowest BCUT2D eigenvalue weighted by atomic mass is 10.1. The number of hydrogen-bond acceptors (Lipinski definition) is 2. The number of anilines is 1. The summed E-state index contributed by atoms with van der Waals surface area (Å²) in [5, 5.41) is 6.72. The van der Waals surface area contributed by atoms with E-state index in [0.29, 0.717) is 6.04 Å². The standard InChI is InChI=1S/C12H17FN2/c1-9-11(13)3-2-4-12(9)15-10-5-7-14-8-6-10/h2-4,10,14-15H,5-8H2,1H3. The van der Waals surface area contributed by atoms with Crippen LogP contribution in [0.1, 0.15) is 18.4 Å². The van der Waals surface area contributed by atoms with Gasteiger partial charge in [0.05, 0.1) is 0 Å². The van der Waals surface area contributed by atoms with E-state index < -0.39 is 0 Å². The van der Waals surface area contributed by atoms with E-state index in [1.165, 1.54) is 6.07 Å². The van der Waals surface area contributed by atoms with E-state index in [1.54, 1.807) is 6.07 Å². The van der Waals surface area contributed by atoms with E-state index in [1.807, 2.05) is 13.0 Å². The number of halogens is 1. The van der Waals surface area contributed by atoms with Gasteiger partial charge in [0.2, 0.25) is 0 Å². The Labute approximate surface area is 89.9 Å². The highest BCUT2D eigenvalue weighted by molar-refractivity contribution is 5.51. The van der Waals surface area contributed by atoms with E-state index >= 15 is 0 Å². The molecule has 1 aliphatic rings. The molecule has 2 nitrogen and oxygen atoms in total. The van der Waals surface area contributed by atoms with E-state index in [0.717, 1.165) is 37.2 Å². The molecule has 1 heterocycles. The number of hydrogen-bond donors (Lipinski definition) is 2. The molecule has 0 amide bonds. The summed E-state index contributed by atoms with van der Waals surface area (Å²) in [5.41, 5.74) is 1.65. The number of nitrogens with one attached hydrogen (secondary N) is 2. The monoisotopic (exact) mass is 208 g/mol. The zero-order valence-electron chi connectivity index (χ0n) is 9.02. The van der Waals surface area contributed by atoms with Crippen molar-refractivity contribution in [3.63, 3.8) is 0 Å². The van der Waals surface area contributed by atoms with Gasteiger partial charge in [-0.3, -0.25) is 0 Å². The topological polar surface area (TPSA) is 24.1 Å². The molecule has 0 saturated carbocycles. The quantitative estimate of drug-likeness (QED) is 0.779. The molecule has 15 heavy (non-hydrogen) atoms. The third-order valence-corrected chi connectivity index (χ3v) is 2.97. The molecule has 2 rings (SSSR count). The molecule has 2 N–H and O–H groups in total. The molecule has 1 aliphatic heterocycles. The minimum atomic E-state index is -0.131. The van der Waals surface area contributed by atoms with E-state index in [2.05, 4.69) is 10.6 Å². The number of piperidine rings is 1. The fourth-order valence-electron chi connectivity index (χ4n) is 1.95. The molecule has 0 atom stereocenters. The summed E-state index contributed by atoms with van der Waals surface area (Å²) in [6.45, 7) is 3.91. The molecular weight excluding hydrogens is 191 g/mol. The van der Waals surface area contributed by atoms with Crippen LogP contribution in [-0.2, 0) is 0 Å². The van der Waals surface area contributed by atoms with Crippen LogP contribution in [0.2, 0.25) is 0 Å². The summed E-state index contributed by atoms with van der Waals surface area (Å²) < 4.78 is 13.3. The van der Waals surface area contributed by atoms with Crippen molar-refractivity contribution in [1.82, 2.24) is 5.32 Å². The minimum Gasteiger partial charge on any atom is -0.382 e. The van der Waals surface area contributed by atoms with E-state index in [-0.39, 0.29) is 5.82 Å². The van der Waals surface area contributed by atoms with Gasteiger partial charge in [-0.25, -0.2) is 4.39 Å². The predicted octanol–water partition coefficient (Wildman–Crippen LogP) is 2.30. The van der Waals surface area contributed by atoms with Gasteiger partial charge in [0.15, 0.2) is 0 Å². The normalized spacial score (nSPS) is 17.7. The largest absolute Gasteiger partial charge is 0.382 e. The van der Waals surface area contributed by atoms with Gasteiger partial charge in [-0.15, -0.1) is 0 Å². The summed E-state index contributed by atoms with van der Waals surface area (Å²) in [6, 6.07) is 5.68. The van der Waals surface area contributed by atoms with Gasteiger partial charge >= 0.3 is 0 Å². The Morgan fingerprint density at radius 2 is 2.07 bits per heavy atom. The maximum absolute atomic E-state index is 13.3. The van der Waals surface area contributed by atoms with Crippen molar-refractivity contribution in [2.24, 2.45) is 0 Å². The summed E-state index contributed by atoms with van der Waals surface area (Å²) in [7, 11) is 0. The van der Waals surface area contributed by atoms with Crippen LogP contribution in [0, 0.1) is 12.7 Å². The van der Waals surface area contributed by atoms with Crippen molar-refractivity contribution in [3.8, 4) is 0 Å². The van der Waals surface area contributed by atoms with Crippen LogP contribution in [0.3, 0.4) is 0 Å².